The number of hydrogen-bond donors (Lipinski definition) is 4. The van der Waals surface area contributed by atoms with Crippen molar-refractivity contribution in [2.24, 2.45) is 5.73 Å². The first-order chi connectivity index (χ1) is 20.9. The Labute approximate surface area is 260 Å². The van der Waals surface area contributed by atoms with E-state index in [1.54, 1.807) is 6.07 Å². The lowest BCUT2D eigenvalue weighted by molar-refractivity contribution is -0.189. The van der Waals surface area contributed by atoms with Crippen molar-refractivity contribution in [2.45, 2.75) is 45.0 Å². The fourth-order valence-electron chi connectivity index (χ4n) is 4.58. The zero-order valence-electron chi connectivity index (χ0n) is 23.3. The third-order valence-electron chi connectivity index (χ3n) is 6.70. The molecule has 10 nitrogen and oxygen atoms in total. The molecular formula is C29H28Cl2F3N5O5. The van der Waals surface area contributed by atoms with Gasteiger partial charge in [0.25, 0.3) is 11.8 Å². The molecule has 3 aromatic rings. The first kappa shape index (κ1) is 33.0. The first-order valence-electron chi connectivity index (χ1n) is 13.5. The minimum Gasteiger partial charge on any atom is -0.489 e. The van der Waals surface area contributed by atoms with Crippen molar-refractivity contribution in [2.75, 3.05) is 23.7 Å². The Morgan fingerprint density at radius 1 is 1.02 bits per heavy atom. The Balaban J connectivity index is 1.79. The van der Waals surface area contributed by atoms with Crippen molar-refractivity contribution in [1.29, 1.82) is 0 Å². The Bertz CT molecular complexity index is 1550. The number of ether oxygens (including phenoxy) is 2. The normalized spacial score (nSPS) is 13.7. The van der Waals surface area contributed by atoms with E-state index in [1.807, 2.05) is 6.92 Å². The van der Waals surface area contributed by atoms with E-state index in [0.717, 1.165) is 17.7 Å². The van der Waals surface area contributed by atoms with Crippen LogP contribution in [0.4, 0.5) is 24.7 Å². The van der Waals surface area contributed by atoms with Crippen LogP contribution in [0.25, 0.3) is 0 Å². The van der Waals surface area contributed by atoms with E-state index >= 15 is 0 Å². The lowest BCUT2D eigenvalue weighted by atomic mass is 9.98. The molecule has 2 aromatic carbocycles. The number of pyridine rings is 1. The Kier molecular flexibility index (Phi) is 10.7. The Morgan fingerprint density at radius 2 is 1.73 bits per heavy atom. The number of hydrogen-bond acceptors (Lipinski definition) is 8. The quantitative estimate of drug-likeness (QED) is 0.175. The molecule has 1 aromatic heterocycles. The molecule has 234 valence electrons. The van der Waals surface area contributed by atoms with E-state index in [1.165, 1.54) is 24.4 Å². The van der Waals surface area contributed by atoms with E-state index in [0.29, 0.717) is 37.9 Å². The minimum absolute atomic E-state index is 0.0337. The van der Waals surface area contributed by atoms with Gasteiger partial charge in [-0.15, -0.1) is 0 Å². The number of alkyl halides is 3. The zero-order chi connectivity index (χ0) is 32.0. The molecule has 1 aliphatic rings. The maximum absolute atomic E-state index is 13.8. The molecule has 0 saturated carbocycles. The van der Waals surface area contributed by atoms with Gasteiger partial charge < -0.3 is 31.2 Å². The minimum atomic E-state index is -5.39. The maximum atomic E-state index is 13.8. The summed E-state index contributed by atoms with van der Waals surface area (Å²) in [5.41, 5.74) is 6.45. The molecule has 1 fully saturated rings. The molecule has 0 unspecified atom stereocenters. The van der Waals surface area contributed by atoms with Gasteiger partial charge in [0.15, 0.2) is 5.75 Å². The van der Waals surface area contributed by atoms with Crippen molar-refractivity contribution in [3.05, 3.63) is 74.9 Å². The molecule has 0 atom stereocenters. The second-order valence-electron chi connectivity index (χ2n) is 9.69. The first-order valence-corrected chi connectivity index (χ1v) is 14.3. The molecule has 2 heterocycles. The third-order valence-corrected chi connectivity index (χ3v) is 7.14. The fourth-order valence-corrected chi connectivity index (χ4v) is 4.90. The van der Waals surface area contributed by atoms with Crippen LogP contribution in [0, 0.1) is 0 Å². The van der Waals surface area contributed by atoms with Crippen LogP contribution in [-0.2, 0) is 17.8 Å². The number of nitrogens with zero attached hydrogens (tertiary/aromatic N) is 1. The number of nitrogens with two attached hydrogens (primary N) is 1. The highest BCUT2D eigenvalue weighted by atomic mass is 35.5. The van der Waals surface area contributed by atoms with Gasteiger partial charge in [-0.05, 0) is 67.7 Å². The molecule has 4 rings (SSSR count). The van der Waals surface area contributed by atoms with Crippen molar-refractivity contribution in [3.8, 4) is 11.5 Å². The summed E-state index contributed by atoms with van der Waals surface area (Å²) in [4.78, 5) is 43.0. The number of esters is 1. The van der Waals surface area contributed by atoms with E-state index in [4.69, 9.17) is 33.7 Å². The number of rotatable bonds is 9. The third kappa shape index (κ3) is 7.97. The average molecular weight is 654 g/mol. The smallest absolute Gasteiger partial charge is 0.489 e. The molecule has 2 amide bonds. The van der Waals surface area contributed by atoms with Crippen LogP contribution in [0.15, 0.2) is 42.6 Å². The molecule has 1 saturated heterocycles. The van der Waals surface area contributed by atoms with Crippen LogP contribution in [0.5, 0.6) is 11.5 Å². The van der Waals surface area contributed by atoms with Crippen LogP contribution < -0.4 is 31.2 Å². The SMILES string of the molecule is CCc1c(CN)ccc(C(=O)Nc2c(OC(=O)C(F)(F)F)cc(Cl)cc2C(=O)Nc2ccc(Cl)cn2)c1OC1CCNCC1. The fraction of sp³-hybridized carbons (Fsp3) is 0.310. The molecule has 0 bridgehead atoms. The van der Waals surface area contributed by atoms with Crippen LogP contribution in [0.1, 0.15) is 51.6 Å². The molecule has 0 radical (unpaired) electrons. The van der Waals surface area contributed by atoms with Crippen molar-refractivity contribution < 1.29 is 37.0 Å². The van der Waals surface area contributed by atoms with Gasteiger partial charge in [0, 0.05) is 23.8 Å². The molecular weight excluding hydrogens is 626 g/mol. The molecule has 15 heteroatoms. The second kappa shape index (κ2) is 14.2. The zero-order valence-corrected chi connectivity index (χ0v) is 24.8. The molecule has 5 N–H and O–H groups in total. The standard InChI is InChI=1S/C29H28Cl2F3N5O5/c1-2-19-15(13-35)3-5-20(25(19)43-18-7-9-36-10-8-18)26(40)39-24-21(27(41)38-23-6-4-16(30)14-37-23)11-17(31)12-22(24)44-28(42)29(32,33)34/h3-6,11-12,14,18,36H,2,7-10,13,35H2,1H3,(H,39,40)(H,37,38,41). The number of anilines is 2. The summed E-state index contributed by atoms with van der Waals surface area (Å²) in [5, 5.41) is 8.17. The van der Waals surface area contributed by atoms with Gasteiger partial charge in [-0.25, -0.2) is 9.78 Å². The Morgan fingerprint density at radius 3 is 2.34 bits per heavy atom. The number of amides is 2. The van der Waals surface area contributed by atoms with E-state index in [9.17, 15) is 27.6 Å². The van der Waals surface area contributed by atoms with Gasteiger partial charge in [0.2, 0.25) is 0 Å². The summed E-state index contributed by atoms with van der Waals surface area (Å²) in [5.74, 6) is -4.88. The van der Waals surface area contributed by atoms with Crippen molar-refractivity contribution in [3.63, 3.8) is 0 Å². The number of carbonyl (C=O) groups is 3. The number of benzene rings is 2. The monoisotopic (exact) mass is 653 g/mol. The highest BCUT2D eigenvalue weighted by Crippen LogP contribution is 2.37. The summed E-state index contributed by atoms with van der Waals surface area (Å²) in [6.07, 6.45) is -2.53. The van der Waals surface area contributed by atoms with Crippen molar-refractivity contribution in [1.82, 2.24) is 10.3 Å². The van der Waals surface area contributed by atoms with E-state index < -0.39 is 41.0 Å². The molecule has 0 aliphatic carbocycles. The average Bonchev–Trinajstić information content (AvgIpc) is 2.99. The number of piperidine rings is 1. The summed E-state index contributed by atoms with van der Waals surface area (Å²) in [7, 11) is 0. The maximum Gasteiger partial charge on any atom is 0.491 e. The van der Waals surface area contributed by atoms with Crippen LogP contribution in [0.2, 0.25) is 10.0 Å². The molecule has 0 spiro atoms. The largest absolute Gasteiger partial charge is 0.491 e. The lowest BCUT2D eigenvalue weighted by Crippen LogP contribution is -2.35. The van der Waals surface area contributed by atoms with Crippen LogP contribution in [-0.4, -0.2) is 48.1 Å². The summed E-state index contributed by atoms with van der Waals surface area (Å²) in [6, 6.07) is 7.91. The van der Waals surface area contributed by atoms with Crippen LogP contribution in [0.3, 0.4) is 0 Å². The topological polar surface area (TPSA) is 145 Å². The summed E-state index contributed by atoms with van der Waals surface area (Å²) >= 11 is 12.0. The van der Waals surface area contributed by atoms with Crippen LogP contribution >= 0.6 is 23.2 Å². The van der Waals surface area contributed by atoms with E-state index in [-0.39, 0.29) is 39.8 Å². The lowest BCUT2D eigenvalue weighted by Gasteiger charge is -2.27. The van der Waals surface area contributed by atoms with Crippen molar-refractivity contribution >= 4 is 52.5 Å². The highest BCUT2D eigenvalue weighted by Gasteiger charge is 2.42. The molecule has 44 heavy (non-hydrogen) atoms. The van der Waals surface area contributed by atoms with Gasteiger partial charge in [0.05, 0.1) is 21.8 Å². The number of nitrogens with one attached hydrogen (secondary N) is 3. The van der Waals surface area contributed by atoms with E-state index in [2.05, 4.69) is 25.7 Å². The number of aromatic nitrogens is 1. The predicted octanol–water partition coefficient (Wildman–Crippen LogP) is 5.51. The number of carbonyl (C=O) groups excluding carboxylic acids is 3. The summed E-state index contributed by atoms with van der Waals surface area (Å²) < 4.78 is 50.5. The van der Waals surface area contributed by atoms with Gasteiger partial charge >= 0.3 is 12.1 Å². The predicted molar refractivity (Wildman–Crippen MR) is 159 cm³/mol. The second-order valence-corrected chi connectivity index (χ2v) is 10.6. The van der Waals surface area contributed by atoms with Gasteiger partial charge in [-0.2, -0.15) is 13.2 Å². The Hall–Kier alpha value is -3.91. The molecule has 1 aliphatic heterocycles. The van der Waals surface area contributed by atoms with Gasteiger partial charge in [0.1, 0.15) is 17.7 Å². The highest BCUT2D eigenvalue weighted by molar-refractivity contribution is 6.32. The summed E-state index contributed by atoms with van der Waals surface area (Å²) in [6.45, 7) is 3.46. The van der Waals surface area contributed by atoms with Gasteiger partial charge in [-0.1, -0.05) is 36.2 Å². The van der Waals surface area contributed by atoms with Gasteiger partial charge in [-0.3, -0.25) is 9.59 Å². The number of halogens is 5.